The molecule has 0 spiro atoms. The van der Waals surface area contributed by atoms with Gasteiger partial charge in [0.1, 0.15) is 16.9 Å². The van der Waals surface area contributed by atoms with Crippen LogP contribution in [0.15, 0.2) is 71.6 Å². The number of carbonyl (C=O) groups is 1. The van der Waals surface area contributed by atoms with Crippen LogP contribution in [0, 0.1) is 19.7 Å². The van der Waals surface area contributed by atoms with Crippen LogP contribution >= 0.6 is 11.3 Å². The van der Waals surface area contributed by atoms with Gasteiger partial charge in [0.15, 0.2) is 5.76 Å². The third kappa shape index (κ3) is 4.85. The molecule has 3 aromatic heterocycles. The molecule has 180 valence electrons. The number of hydrogen-bond acceptors (Lipinski definition) is 5. The number of hydrogen-bond donors (Lipinski definition) is 2. The third-order valence-corrected chi connectivity index (χ3v) is 7.85. The van der Waals surface area contributed by atoms with Crippen LogP contribution in [0.1, 0.15) is 38.2 Å². The minimum atomic E-state index is -0.251. The van der Waals surface area contributed by atoms with Gasteiger partial charge in [-0.15, -0.1) is 11.3 Å². The average molecular weight is 492 g/mol. The molecule has 8 heteroatoms. The lowest BCUT2D eigenvalue weighted by molar-refractivity contribution is -0.926. The van der Waals surface area contributed by atoms with Crippen molar-refractivity contribution < 1.29 is 18.5 Å². The molecule has 35 heavy (non-hydrogen) atoms. The van der Waals surface area contributed by atoms with E-state index in [1.165, 1.54) is 33.7 Å². The first-order chi connectivity index (χ1) is 17.0. The van der Waals surface area contributed by atoms with Crippen LogP contribution < -0.4 is 15.1 Å². The van der Waals surface area contributed by atoms with Crippen LogP contribution in [0.5, 0.6) is 0 Å². The Hall–Kier alpha value is -3.49. The molecule has 1 aromatic carbocycles. The van der Waals surface area contributed by atoms with E-state index in [-0.39, 0.29) is 23.5 Å². The molecule has 4 heterocycles. The number of furan rings is 1. The van der Waals surface area contributed by atoms with Crippen molar-refractivity contribution in [1.29, 1.82) is 0 Å². The van der Waals surface area contributed by atoms with Gasteiger partial charge in [-0.2, -0.15) is 0 Å². The van der Waals surface area contributed by atoms with E-state index < -0.39 is 0 Å². The zero-order valence-electron chi connectivity index (χ0n) is 19.8. The van der Waals surface area contributed by atoms with Gasteiger partial charge >= 0.3 is 0 Å². The highest BCUT2D eigenvalue weighted by atomic mass is 32.1. The summed E-state index contributed by atoms with van der Waals surface area (Å²) in [6.07, 6.45) is 5.21. The predicted molar refractivity (Wildman–Crippen MR) is 136 cm³/mol. The number of carbonyl (C=O) groups excluding carboxylic acids is 1. The van der Waals surface area contributed by atoms with Crippen LogP contribution in [0.2, 0.25) is 0 Å². The molecule has 1 saturated heterocycles. The summed E-state index contributed by atoms with van der Waals surface area (Å²) >= 11 is 1.60. The van der Waals surface area contributed by atoms with Gasteiger partial charge in [-0.25, -0.2) is 4.39 Å². The minimum absolute atomic E-state index is 0.0240. The predicted octanol–water partition coefficient (Wildman–Crippen LogP) is 4.24. The second-order valence-electron chi connectivity index (χ2n) is 8.80. The maximum Gasteiger partial charge on any atom is 0.291 e. The smallest absolute Gasteiger partial charge is 0.291 e. The van der Waals surface area contributed by atoms with E-state index in [1.54, 1.807) is 29.7 Å². The summed E-state index contributed by atoms with van der Waals surface area (Å²) in [7, 11) is 0. The molecule has 1 fully saturated rings. The summed E-state index contributed by atoms with van der Waals surface area (Å²) in [4.78, 5) is 22.1. The average Bonchev–Trinajstić information content (AvgIpc) is 3.51. The maximum absolute atomic E-state index is 13.4. The number of nitrogens with one attached hydrogen (secondary N) is 2. The Labute approximate surface area is 208 Å². The normalized spacial score (nSPS) is 15.2. The molecular weight excluding hydrogens is 463 g/mol. The van der Waals surface area contributed by atoms with Gasteiger partial charge in [0.25, 0.3) is 5.91 Å². The van der Waals surface area contributed by atoms with Gasteiger partial charge in [-0.3, -0.25) is 9.78 Å². The van der Waals surface area contributed by atoms with Gasteiger partial charge in [0, 0.05) is 28.5 Å². The van der Waals surface area contributed by atoms with E-state index in [0.29, 0.717) is 0 Å². The fourth-order valence-corrected chi connectivity index (χ4v) is 5.90. The standard InChI is InChI=1S/C27H27FN4O2S/c1-18-19(2)35-27(30-26(33)23-6-4-16-34-23)24(18)25(20-5-3-11-29-17-20)32-14-12-31(13-15-32)22-9-7-21(28)8-10-22/h3-11,16-17,25H,12-15H2,1-2H3,(H,30,33)/p+1. The molecule has 1 atom stereocenters. The second-order valence-corrected chi connectivity index (χ2v) is 10.0. The Morgan fingerprint density at radius 1 is 1.14 bits per heavy atom. The fourth-order valence-electron chi connectivity index (χ4n) is 4.80. The van der Waals surface area contributed by atoms with Crippen molar-refractivity contribution >= 4 is 27.9 Å². The molecule has 1 amide bonds. The highest BCUT2D eigenvalue weighted by Gasteiger charge is 2.35. The highest BCUT2D eigenvalue weighted by molar-refractivity contribution is 7.16. The van der Waals surface area contributed by atoms with Gasteiger partial charge in [-0.1, -0.05) is 0 Å². The summed E-state index contributed by atoms with van der Waals surface area (Å²) in [5, 5.41) is 3.96. The van der Waals surface area contributed by atoms with Crippen molar-refractivity contribution in [3.8, 4) is 0 Å². The molecule has 0 aliphatic carbocycles. The van der Waals surface area contributed by atoms with Crippen LogP contribution in [-0.4, -0.2) is 37.1 Å². The number of halogens is 1. The molecule has 1 aliphatic heterocycles. The summed E-state index contributed by atoms with van der Waals surface area (Å²) in [6, 6.07) is 14.2. The number of nitrogens with zero attached hydrogens (tertiary/aromatic N) is 2. The van der Waals surface area contributed by atoms with Crippen molar-refractivity contribution in [3.05, 3.63) is 100 Å². The van der Waals surface area contributed by atoms with Crippen LogP contribution in [0.3, 0.4) is 0 Å². The first-order valence-electron chi connectivity index (χ1n) is 11.7. The number of anilines is 2. The minimum Gasteiger partial charge on any atom is -0.459 e. The Bertz CT molecular complexity index is 1280. The molecule has 5 rings (SSSR count). The number of rotatable bonds is 6. The number of piperazine rings is 1. The number of benzene rings is 1. The Morgan fingerprint density at radius 2 is 1.91 bits per heavy atom. The number of amides is 1. The largest absolute Gasteiger partial charge is 0.459 e. The van der Waals surface area contributed by atoms with E-state index in [1.807, 2.05) is 24.4 Å². The molecule has 0 saturated carbocycles. The molecule has 0 radical (unpaired) electrons. The third-order valence-electron chi connectivity index (χ3n) is 6.72. The van der Waals surface area contributed by atoms with Crippen molar-refractivity contribution in [3.63, 3.8) is 0 Å². The molecule has 2 N–H and O–H groups in total. The summed E-state index contributed by atoms with van der Waals surface area (Å²) in [5.41, 5.74) is 4.47. The molecule has 0 bridgehead atoms. The summed E-state index contributed by atoms with van der Waals surface area (Å²) in [6.45, 7) is 7.73. The Kier molecular flexibility index (Phi) is 6.66. The lowest BCUT2D eigenvalue weighted by Gasteiger charge is -2.38. The van der Waals surface area contributed by atoms with Crippen LogP contribution in [0.4, 0.5) is 15.1 Å². The number of thiophene rings is 1. The van der Waals surface area contributed by atoms with E-state index in [9.17, 15) is 9.18 Å². The monoisotopic (exact) mass is 491 g/mol. The highest BCUT2D eigenvalue weighted by Crippen LogP contribution is 2.38. The van der Waals surface area contributed by atoms with Crippen LogP contribution in [-0.2, 0) is 0 Å². The van der Waals surface area contributed by atoms with E-state index >= 15 is 0 Å². The van der Waals surface area contributed by atoms with E-state index in [0.717, 1.165) is 48.0 Å². The number of pyridine rings is 1. The summed E-state index contributed by atoms with van der Waals surface area (Å²) in [5.74, 6) is -0.182. The Balaban J connectivity index is 1.46. The summed E-state index contributed by atoms with van der Waals surface area (Å²) < 4.78 is 18.7. The zero-order chi connectivity index (χ0) is 24.4. The first-order valence-corrected chi connectivity index (χ1v) is 12.5. The van der Waals surface area contributed by atoms with E-state index in [2.05, 4.69) is 35.1 Å². The van der Waals surface area contributed by atoms with Crippen molar-refractivity contribution in [2.24, 2.45) is 0 Å². The van der Waals surface area contributed by atoms with Gasteiger partial charge in [0.05, 0.1) is 38.0 Å². The molecule has 1 unspecified atom stereocenters. The number of aromatic nitrogens is 1. The zero-order valence-corrected chi connectivity index (χ0v) is 20.6. The molecular formula is C27H28FN4O2S+. The Morgan fingerprint density at radius 3 is 2.57 bits per heavy atom. The van der Waals surface area contributed by atoms with Gasteiger partial charge in [0.2, 0.25) is 0 Å². The van der Waals surface area contributed by atoms with Crippen molar-refractivity contribution in [2.45, 2.75) is 19.9 Å². The van der Waals surface area contributed by atoms with E-state index in [4.69, 9.17) is 4.42 Å². The van der Waals surface area contributed by atoms with Crippen molar-refractivity contribution in [2.75, 3.05) is 36.4 Å². The first kappa shape index (κ1) is 23.3. The number of aryl methyl sites for hydroxylation is 1. The lowest BCUT2D eigenvalue weighted by atomic mass is 9.95. The quantitative estimate of drug-likeness (QED) is 0.424. The topological polar surface area (TPSA) is 62.8 Å². The molecule has 6 nitrogen and oxygen atoms in total. The number of quaternary nitrogens is 1. The maximum atomic E-state index is 13.4. The van der Waals surface area contributed by atoms with Crippen LogP contribution in [0.25, 0.3) is 0 Å². The van der Waals surface area contributed by atoms with Gasteiger partial charge in [-0.05, 0) is 67.9 Å². The fraction of sp³-hybridized carbons (Fsp3) is 0.259. The van der Waals surface area contributed by atoms with Gasteiger partial charge < -0.3 is 19.5 Å². The van der Waals surface area contributed by atoms with Crippen molar-refractivity contribution in [1.82, 2.24) is 4.98 Å². The molecule has 4 aromatic rings. The SMILES string of the molecule is Cc1sc(NC(=O)c2ccco2)c(C(c2cccnc2)[NH+]2CCN(c3ccc(F)cc3)CC2)c1C. The molecule has 1 aliphatic rings. The second kappa shape index (κ2) is 10.0. The lowest BCUT2D eigenvalue weighted by Crippen LogP contribution is -3.15.